The molecule has 78 valence electrons. The van der Waals surface area contributed by atoms with Crippen molar-refractivity contribution >= 4 is 8.81 Å². The zero-order valence-electron chi connectivity index (χ0n) is 8.18. The summed E-state index contributed by atoms with van der Waals surface area (Å²) in [4.78, 5) is 0. The fourth-order valence-electron chi connectivity index (χ4n) is 0.991. The Morgan fingerprint density at radius 2 is 2.21 bits per heavy atom. The van der Waals surface area contributed by atoms with E-state index in [0.29, 0.717) is 17.7 Å². The van der Waals surface area contributed by atoms with Gasteiger partial charge in [-0.2, -0.15) is 0 Å². The molecule has 2 atom stereocenters. The maximum absolute atomic E-state index is 13.4. The summed E-state index contributed by atoms with van der Waals surface area (Å²) in [6.07, 6.45) is 0. The van der Waals surface area contributed by atoms with Crippen LogP contribution in [0.1, 0.15) is 24.0 Å². The van der Waals surface area contributed by atoms with Crippen LogP contribution in [0.25, 0.3) is 0 Å². The Hall–Kier alpha value is -0.530. The Morgan fingerprint density at radius 1 is 1.50 bits per heavy atom. The molecule has 0 N–H and O–H groups in total. The third-order valence-electron chi connectivity index (χ3n) is 1.82. The molecule has 0 aliphatic rings. The second kappa shape index (κ2) is 5.38. The maximum Gasteiger partial charge on any atom is 0.166 e. The number of benzene rings is 1. The van der Waals surface area contributed by atoms with E-state index in [9.17, 15) is 8.78 Å². The number of rotatable bonds is 4. The smallest absolute Gasteiger partial charge is 0.166 e. The molecule has 4 heteroatoms. The third-order valence-corrected chi connectivity index (χ3v) is 2.82. The number of aryl methyl sites for hydroxylation is 1. The molecule has 0 fully saturated rings. The van der Waals surface area contributed by atoms with E-state index in [1.54, 1.807) is 26.0 Å². The summed E-state index contributed by atoms with van der Waals surface area (Å²) in [5.74, 6) is -1.59. The highest BCUT2D eigenvalue weighted by Gasteiger charge is 2.11. The molecule has 0 saturated heterocycles. The largest absolute Gasteiger partial charge is 0.359 e. The highest BCUT2D eigenvalue weighted by molar-refractivity contribution is 7.32. The first-order chi connectivity index (χ1) is 6.65. The van der Waals surface area contributed by atoms with E-state index >= 15 is 0 Å². The van der Waals surface area contributed by atoms with Crippen LogP contribution >= 0.6 is 8.81 Å². The quantitative estimate of drug-likeness (QED) is 0.699. The SMILES string of the molecule is CCOPC(F)c1ccc(C)c(F)c1. The van der Waals surface area contributed by atoms with Gasteiger partial charge in [-0.15, -0.1) is 0 Å². The zero-order chi connectivity index (χ0) is 10.6. The van der Waals surface area contributed by atoms with Crippen LogP contribution in [-0.4, -0.2) is 6.61 Å². The van der Waals surface area contributed by atoms with Gasteiger partial charge < -0.3 is 4.52 Å². The minimum Gasteiger partial charge on any atom is -0.359 e. The molecule has 0 heterocycles. The number of halogens is 2. The van der Waals surface area contributed by atoms with Crippen molar-refractivity contribution in [3.63, 3.8) is 0 Å². The fraction of sp³-hybridized carbons (Fsp3) is 0.400. The van der Waals surface area contributed by atoms with Crippen molar-refractivity contribution in [2.75, 3.05) is 6.61 Å². The lowest BCUT2D eigenvalue weighted by Gasteiger charge is -2.08. The van der Waals surface area contributed by atoms with Crippen LogP contribution in [0, 0.1) is 12.7 Å². The molecular formula is C10H13F2OP. The molecule has 2 unspecified atom stereocenters. The lowest BCUT2D eigenvalue weighted by molar-refractivity contribution is 0.354. The number of hydrogen-bond donors (Lipinski definition) is 0. The number of alkyl halides is 1. The summed E-state index contributed by atoms with van der Waals surface area (Å²) >= 11 is 0. The average molecular weight is 218 g/mol. The van der Waals surface area contributed by atoms with Gasteiger partial charge in [-0.05, 0) is 31.0 Å². The fourth-order valence-corrected chi connectivity index (χ4v) is 1.62. The highest BCUT2D eigenvalue weighted by Crippen LogP contribution is 2.36. The standard InChI is InChI=1S/C10H13F2OP/c1-3-13-14-10(12)8-5-4-7(2)9(11)6-8/h4-6,10,14H,3H2,1-2H3. The van der Waals surface area contributed by atoms with Crippen molar-refractivity contribution in [1.29, 1.82) is 0 Å². The molecule has 0 aliphatic heterocycles. The van der Waals surface area contributed by atoms with Gasteiger partial charge in [0.1, 0.15) is 5.82 Å². The van der Waals surface area contributed by atoms with Crippen molar-refractivity contribution in [2.24, 2.45) is 0 Å². The van der Waals surface area contributed by atoms with Crippen molar-refractivity contribution < 1.29 is 13.3 Å². The Kier molecular flexibility index (Phi) is 4.43. The monoisotopic (exact) mass is 218 g/mol. The van der Waals surface area contributed by atoms with E-state index in [1.165, 1.54) is 6.07 Å². The van der Waals surface area contributed by atoms with Crippen LogP contribution in [0.3, 0.4) is 0 Å². The first-order valence-electron chi connectivity index (χ1n) is 4.42. The van der Waals surface area contributed by atoms with E-state index < -0.39 is 5.91 Å². The van der Waals surface area contributed by atoms with E-state index in [0.717, 1.165) is 0 Å². The normalized spacial score (nSPS) is 13.7. The van der Waals surface area contributed by atoms with E-state index in [4.69, 9.17) is 4.52 Å². The van der Waals surface area contributed by atoms with Gasteiger partial charge in [0, 0.05) is 6.61 Å². The van der Waals surface area contributed by atoms with Crippen LogP contribution < -0.4 is 0 Å². The molecule has 0 aromatic heterocycles. The van der Waals surface area contributed by atoms with E-state index in [2.05, 4.69) is 0 Å². The Bertz CT molecular complexity index is 304. The van der Waals surface area contributed by atoms with Crippen molar-refractivity contribution in [3.8, 4) is 0 Å². The molecule has 0 amide bonds. The Morgan fingerprint density at radius 3 is 2.79 bits per heavy atom. The highest BCUT2D eigenvalue weighted by atomic mass is 31.1. The first kappa shape index (κ1) is 11.5. The molecule has 1 aromatic rings. The summed E-state index contributed by atoms with van der Waals surface area (Å²) in [6, 6.07) is 4.40. The van der Waals surface area contributed by atoms with Crippen LogP contribution in [0.2, 0.25) is 0 Å². The lowest BCUT2D eigenvalue weighted by atomic mass is 10.1. The second-order valence-electron chi connectivity index (χ2n) is 2.92. The summed E-state index contributed by atoms with van der Waals surface area (Å²) < 4.78 is 31.4. The van der Waals surface area contributed by atoms with Crippen LogP contribution in [0.4, 0.5) is 8.78 Å². The van der Waals surface area contributed by atoms with E-state index in [1.807, 2.05) is 0 Å². The summed E-state index contributed by atoms with van der Waals surface area (Å²) in [7, 11) is -0.257. The zero-order valence-corrected chi connectivity index (χ0v) is 9.18. The minimum atomic E-state index is -1.22. The molecule has 0 bridgehead atoms. The molecule has 14 heavy (non-hydrogen) atoms. The molecular weight excluding hydrogens is 205 g/mol. The topological polar surface area (TPSA) is 9.23 Å². The predicted molar refractivity (Wildman–Crippen MR) is 54.9 cm³/mol. The molecule has 1 rings (SSSR count). The van der Waals surface area contributed by atoms with E-state index in [-0.39, 0.29) is 14.6 Å². The Labute approximate surface area is 84.3 Å². The minimum absolute atomic E-state index is 0.257. The van der Waals surface area contributed by atoms with Gasteiger partial charge in [0.25, 0.3) is 0 Å². The van der Waals surface area contributed by atoms with Gasteiger partial charge >= 0.3 is 0 Å². The van der Waals surface area contributed by atoms with Crippen molar-refractivity contribution in [3.05, 3.63) is 35.1 Å². The van der Waals surface area contributed by atoms with Gasteiger partial charge in [0.15, 0.2) is 5.91 Å². The predicted octanol–water partition coefficient (Wildman–Crippen LogP) is 3.73. The molecule has 0 radical (unpaired) electrons. The van der Waals surface area contributed by atoms with Gasteiger partial charge in [-0.1, -0.05) is 12.1 Å². The summed E-state index contributed by atoms with van der Waals surface area (Å²) in [5.41, 5.74) is 0.876. The van der Waals surface area contributed by atoms with Crippen LogP contribution in [0.15, 0.2) is 18.2 Å². The Balaban J connectivity index is 2.70. The van der Waals surface area contributed by atoms with Crippen LogP contribution in [-0.2, 0) is 4.52 Å². The van der Waals surface area contributed by atoms with Crippen LogP contribution in [0.5, 0.6) is 0 Å². The second-order valence-corrected chi connectivity index (χ2v) is 3.95. The first-order valence-corrected chi connectivity index (χ1v) is 5.41. The van der Waals surface area contributed by atoms with Crippen molar-refractivity contribution in [2.45, 2.75) is 19.8 Å². The maximum atomic E-state index is 13.4. The number of hydrogen-bond acceptors (Lipinski definition) is 1. The third kappa shape index (κ3) is 3.00. The summed E-state index contributed by atoms with van der Waals surface area (Å²) in [5, 5.41) is 0. The molecule has 1 aromatic carbocycles. The van der Waals surface area contributed by atoms with Gasteiger partial charge in [0.05, 0.1) is 8.81 Å². The van der Waals surface area contributed by atoms with Gasteiger partial charge in [-0.25, -0.2) is 8.78 Å². The van der Waals surface area contributed by atoms with Crippen molar-refractivity contribution in [1.82, 2.24) is 0 Å². The van der Waals surface area contributed by atoms with Gasteiger partial charge in [-0.3, -0.25) is 0 Å². The lowest BCUT2D eigenvalue weighted by Crippen LogP contribution is -1.90. The van der Waals surface area contributed by atoms with Gasteiger partial charge in [0.2, 0.25) is 0 Å². The molecule has 0 spiro atoms. The molecule has 0 saturated carbocycles. The molecule has 1 nitrogen and oxygen atoms in total. The molecule has 0 aliphatic carbocycles. The summed E-state index contributed by atoms with van der Waals surface area (Å²) in [6.45, 7) is 3.93. The average Bonchev–Trinajstić information content (AvgIpc) is 2.18.